The highest BCUT2D eigenvalue weighted by molar-refractivity contribution is 5.79. The van der Waals surface area contributed by atoms with Gasteiger partial charge in [-0.2, -0.15) is 0 Å². The zero-order valence-corrected chi connectivity index (χ0v) is 15.0. The molecule has 0 atom stereocenters. The van der Waals surface area contributed by atoms with Crippen LogP contribution in [0.4, 0.5) is 0 Å². The third-order valence-electron chi connectivity index (χ3n) is 3.17. The average Bonchev–Trinajstić information content (AvgIpc) is 2.97. The van der Waals surface area contributed by atoms with Gasteiger partial charge in [0.1, 0.15) is 12.2 Å². The van der Waals surface area contributed by atoms with Gasteiger partial charge in [-0.15, -0.1) is 10.2 Å². The summed E-state index contributed by atoms with van der Waals surface area (Å²) in [5.74, 6) is 2.45. The van der Waals surface area contributed by atoms with Gasteiger partial charge < -0.3 is 19.9 Å². The van der Waals surface area contributed by atoms with Crippen LogP contribution in [0.3, 0.4) is 0 Å². The number of aryl methyl sites for hydroxylation is 1. The maximum absolute atomic E-state index is 5.57. The number of nitrogens with one attached hydrogen (secondary N) is 2. The number of guanidine groups is 1. The molecule has 7 nitrogen and oxygen atoms in total. The van der Waals surface area contributed by atoms with E-state index in [2.05, 4.69) is 58.1 Å². The van der Waals surface area contributed by atoms with Crippen molar-refractivity contribution in [3.8, 4) is 0 Å². The highest BCUT2D eigenvalue weighted by Crippen LogP contribution is 1.95. The lowest BCUT2D eigenvalue weighted by atomic mass is 10.2. The van der Waals surface area contributed by atoms with Crippen molar-refractivity contribution in [2.24, 2.45) is 10.9 Å². The lowest BCUT2D eigenvalue weighted by Crippen LogP contribution is -2.39. The van der Waals surface area contributed by atoms with Crippen molar-refractivity contribution in [1.29, 1.82) is 0 Å². The highest BCUT2D eigenvalue weighted by atomic mass is 16.5. The van der Waals surface area contributed by atoms with Crippen LogP contribution < -0.4 is 10.6 Å². The Morgan fingerprint density at radius 1 is 1.35 bits per heavy atom. The molecule has 0 aliphatic carbocycles. The van der Waals surface area contributed by atoms with Crippen LogP contribution in [0.25, 0.3) is 0 Å². The molecule has 2 N–H and O–H groups in total. The summed E-state index contributed by atoms with van der Waals surface area (Å²) in [4.78, 5) is 4.57. The van der Waals surface area contributed by atoms with E-state index < -0.39 is 0 Å². The minimum absolute atomic E-state index is 0.586. The number of hydrogen-bond donors (Lipinski definition) is 2. The van der Waals surface area contributed by atoms with Gasteiger partial charge in [0.15, 0.2) is 5.96 Å². The summed E-state index contributed by atoms with van der Waals surface area (Å²) in [6.45, 7) is 13.3. The molecule has 0 amide bonds. The quantitative estimate of drug-likeness (QED) is 0.366. The number of rotatable bonds is 11. The molecule has 0 saturated carbocycles. The van der Waals surface area contributed by atoms with Crippen molar-refractivity contribution in [2.75, 3.05) is 32.8 Å². The van der Waals surface area contributed by atoms with E-state index in [1.807, 2.05) is 0 Å². The second-order valence-corrected chi connectivity index (χ2v) is 5.80. The van der Waals surface area contributed by atoms with Crippen molar-refractivity contribution in [3.05, 3.63) is 12.2 Å². The van der Waals surface area contributed by atoms with Gasteiger partial charge in [-0.25, -0.2) is 0 Å². The first kappa shape index (κ1) is 19.4. The van der Waals surface area contributed by atoms with Gasteiger partial charge in [0.25, 0.3) is 0 Å². The second kappa shape index (κ2) is 11.9. The molecule has 0 unspecified atom stereocenters. The summed E-state index contributed by atoms with van der Waals surface area (Å²) >= 11 is 0. The molecule has 0 spiro atoms. The topological polar surface area (TPSA) is 76.4 Å². The van der Waals surface area contributed by atoms with Crippen LogP contribution in [0.2, 0.25) is 0 Å². The summed E-state index contributed by atoms with van der Waals surface area (Å²) < 4.78 is 7.63. The molecular formula is C16H32N6O. The summed E-state index contributed by atoms with van der Waals surface area (Å²) in [5, 5.41) is 14.6. The number of ether oxygens (including phenoxy) is 1. The first-order valence-corrected chi connectivity index (χ1v) is 8.63. The number of aromatic nitrogens is 3. The predicted molar refractivity (Wildman–Crippen MR) is 93.7 cm³/mol. The summed E-state index contributed by atoms with van der Waals surface area (Å²) in [6, 6.07) is 0. The third-order valence-corrected chi connectivity index (χ3v) is 3.17. The molecule has 23 heavy (non-hydrogen) atoms. The number of nitrogens with zero attached hydrogens (tertiary/aromatic N) is 4. The van der Waals surface area contributed by atoms with Crippen LogP contribution >= 0.6 is 0 Å². The molecule has 1 aromatic heterocycles. The van der Waals surface area contributed by atoms with Crippen LogP contribution in [0, 0.1) is 5.92 Å². The highest BCUT2D eigenvalue weighted by Gasteiger charge is 2.02. The Balaban J connectivity index is 2.26. The van der Waals surface area contributed by atoms with Crippen molar-refractivity contribution in [2.45, 2.75) is 47.1 Å². The van der Waals surface area contributed by atoms with E-state index in [1.165, 1.54) is 0 Å². The van der Waals surface area contributed by atoms with Crippen molar-refractivity contribution < 1.29 is 4.74 Å². The zero-order valence-electron chi connectivity index (χ0n) is 15.0. The molecule has 0 radical (unpaired) electrons. The Kier molecular flexibility index (Phi) is 10.0. The Morgan fingerprint density at radius 2 is 2.17 bits per heavy atom. The lowest BCUT2D eigenvalue weighted by molar-refractivity contribution is 0.109. The average molecular weight is 324 g/mol. The standard InChI is InChI=1S/C16H32N6O/c1-5-15-21-20-13-22(15)10-9-19-16(17-6-2)18-8-7-11-23-12-14(3)4/h13-14H,5-12H2,1-4H3,(H2,17,18,19). The van der Waals surface area contributed by atoms with Gasteiger partial charge in [-0.1, -0.05) is 20.8 Å². The first-order chi connectivity index (χ1) is 11.2. The van der Waals surface area contributed by atoms with Crippen LogP contribution in [0.1, 0.15) is 39.9 Å². The lowest BCUT2D eigenvalue weighted by Gasteiger charge is -2.12. The Labute approximate surface area is 139 Å². The molecule has 0 aliphatic heterocycles. The van der Waals surface area contributed by atoms with Gasteiger partial charge in [-0.3, -0.25) is 4.99 Å². The largest absolute Gasteiger partial charge is 0.381 e. The fraction of sp³-hybridized carbons (Fsp3) is 0.812. The molecular weight excluding hydrogens is 292 g/mol. The van der Waals surface area contributed by atoms with E-state index in [9.17, 15) is 0 Å². The van der Waals surface area contributed by atoms with E-state index in [1.54, 1.807) is 6.33 Å². The molecule has 1 heterocycles. The van der Waals surface area contributed by atoms with Crippen molar-refractivity contribution >= 4 is 5.96 Å². The molecule has 132 valence electrons. The Bertz CT molecular complexity index is 444. The molecule has 0 bridgehead atoms. The van der Waals surface area contributed by atoms with Crippen LogP contribution in [-0.2, 0) is 17.7 Å². The zero-order chi connectivity index (χ0) is 16.9. The Hall–Kier alpha value is -1.63. The molecule has 0 saturated heterocycles. The van der Waals surface area contributed by atoms with Crippen LogP contribution in [0.15, 0.2) is 11.3 Å². The third kappa shape index (κ3) is 8.54. The second-order valence-electron chi connectivity index (χ2n) is 5.80. The first-order valence-electron chi connectivity index (χ1n) is 8.63. The van der Waals surface area contributed by atoms with Gasteiger partial charge in [0.05, 0.1) is 0 Å². The van der Waals surface area contributed by atoms with Gasteiger partial charge in [0.2, 0.25) is 0 Å². The molecule has 1 aromatic rings. The molecule has 1 rings (SSSR count). The summed E-state index contributed by atoms with van der Waals surface area (Å²) in [6.07, 6.45) is 3.61. The molecule has 0 aliphatic rings. The van der Waals surface area contributed by atoms with E-state index >= 15 is 0 Å². The summed E-state index contributed by atoms with van der Waals surface area (Å²) in [5.41, 5.74) is 0. The summed E-state index contributed by atoms with van der Waals surface area (Å²) in [7, 11) is 0. The van der Waals surface area contributed by atoms with Gasteiger partial charge in [0, 0.05) is 45.8 Å². The monoisotopic (exact) mass is 324 g/mol. The minimum Gasteiger partial charge on any atom is -0.381 e. The SMILES string of the molecule is CCNC(=NCCCOCC(C)C)NCCn1cnnc1CC. The maximum Gasteiger partial charge on any atom is 0.191 e. The fourth-order valence-corrected chi connectivity index (χ4v) is 2.05. The van der Waals surface area contributed by atoms with E-state index in [-0.39, 0.29) is 0 Å². The van der Waals surface area contributed by atoms with Crippen molar-refractivity contribution in [3.63, 3.8) is 0 Å². The van der Waals surface area contributed by atoms with Gasteiger partial charge >= 0.3 is 0 Å². The van der Waals surface area contributed by atoms with E-state index in [0.29, 0.717) is 5.92 Å². The molecule has 0 fully saturated rings. The normalized spacial score (nSPS) is 12.0. The molecule has 7 heteroatoms. The van der Waals surface area contributed by atoms with E-state index in [0.717, 1.165) is 64.0 Å². The minimum atomic E-state index is 0.586. The van der Waals surface area contributed by atoms with Crippen LogP contribution in [-0.4, -0.2) is 53.6 Å². The van der Waals surface area contributed by atoms with Gasteiger partial charge in [-0.05, 0) is 19.3 Å². The number of hydrogen-bond acceptors (Lipinski definition) is 4. The van der Waals surface area contributed by atoms with Crippen LogP contribution in [0.5, 0.6) is 0 Å². The predicted octanol–water partition coefficient (Wildman–Crippen LogP) is 1.46. The molecule has 0 aromatic carbocycles. The smallest absolute Gasteiger partial charge is 0.191 e. The maximum atomic E-state index is 5.57. The van der Waals surface area contributed by atoms with E-state index in [4.69, 9.17) is 4.74 Å². The Morgan fingerprint density at radius 3 is 2.87 bits per heavy atom. The fourth-order valence-electron chi connectivity index (χ4n) is 2.05. The number of aliphatic imine (C=N–C) groups is 1. The van der Waals surface area contributed by atoms with Crippen molar-refractivity contribution in [1.82, 2.24) is 25.4 Å².